The maximum absolute atomic E-state index is 12.9. The quantitative estimate of drug-likeness (QED) is 0.778. The van der Waals surface area contributed by atoms with Gasteiger partial charge in [-0.15, -0.1) is 0 Å². The van der Waals surface area contributed by atoms with E-state index in [0.29, 0.717) is 56.7 Å². The summed E-state index contributed by atoms with van der Waals surface area (Å²) in [6.07, 6.45) is 7.09. The molecule has 1 aliphatic carbocycles. The van der Waals surface area contributed by atoms with Gasteiger partial charge in [0.15, 0.2) is 11.5 Å². The molecule has 2 aromatic rings. The Bertz CT molecular complexity index is 822. The van der Waals surface area contributed by atoms with Crippen molar-refractivity contribution in [3.05, 3.63) is 48.2 Å². The summed E-state index contributed by atoms with van der Waals surface area (Å²) in [7, 11) is 0. The Morgan fingerprint density at radius 1 is 1.07 bits per heavy atom. The second-order valence-corrected chi connectivity index (χ2v) is 7.63. The average Bonchev–Trinajstić information content (AvgIpc) is 2.71. The van der Waals surface area contributed by atoms with Crippen LogP contribution < -0.4 is 9.47 Å². The van der Waals surface area contributed by atoms with E-state index in [2.05, 4.69) is 4.98 Å². The van der Waals surface area contributed by atoms with Crippen LogP contribution in [-0.2, 0) is 16.1 Å². The van der Waals surface area contributed by atoms with Crippen molar-refractivity contribution in [1.82, 2.24) is 9.88 Å². The molecule has 1 aromatic carbocycles. The van der Waals surface area contributed by atoms with Gasteiger partial charge in [0.05, 0.1) is 19.8 Å². The summed E-state index contributed by atoms with van der Waals surface area (Å²) < 4.78 is 17.6. The first-order chi connectivity index (χ1) is 14.3. The van der Waals surface area contributed by atoms with Crippen LogP contribution in [0.5, 0.6) is 17.4 Å². The van der Waals surface area contributed by atoms with E-state index in [4.69, 9.17) is 14.2 Å². The lowest BCUT2D eigenvalue weighted by Gasteiger charge is -2.27. The fourth-order valence-electron chi connectivity index (χ4n) is 3.65. The zero-order valence-corrected chi connectivity index (χ0v) is 16.7. The number of amides is 1. The largest absolute Gasteiger partial charge is 0.487 e. The first kappa shape index (κ1) is 19.7. The van der Waals surface area contributed by atoms with E-state index in [1.54, 1.807) is 6.20 Å². The highest BCUT2D eigenvalue weighted by Gasteiger charge is 2.22. The third-order valence-electron chi connectivity index (χ3n) is 5.60. The standard InChI is InChI=1S/C23H28N2O4/c26-22(11-10-18-5-3-6-18)25-13-14-27-15-16-28-20-8-1-2-9-21(20)29-23-19(17-25)7-4-12-24-23/h1-2,4,7-9,12,18H,3,5-6,10-11,13-17H2. The lowest BCUT2D eigenvalue weighted by atomic mass is 9.82. The number of aromatic nitrogens is 1. The van der Waals surface area contributed by atoms with Gasteiger partial charge in [0.2, 0.25) is 11.8 Å². The molecule has 2 heterocycles. The van der Waals surface area contributed by atoms with Crippen LogP contribution in [0.3, 0.4) is 0 Å². The number of ether oxygens (including phenoxy) is 3. The third-order valence-corrected chi connectivity index (χ3v) is 5.60. The Kier molecular flexibility index (Phi) is 6.62. The summed E-state index contributed by atoms with van der Waals surface area (Å²) in [5, 5.41) is 0. The minimum Gasteiger partial charge on any atom is -0.487 e. The van der Waals surface area contributed by atoms with Crippen LogP contribution in [0, 0.1) is 5.92 Å². The van der Waals surface area contributed by atoms with Crippen molar-refractivity contribution in [2.45, 2.75) is 38.6 Å². The number of carbonyl (C=O) groups excluding carboxylic acids is 1. The second-order valence-electron chi connectivity index (χ2n) is 7.63. The van der Waals surface area contributed by atoms with Crippen molar-refractivity contribution in [1.29, 1.82) is 0 Å². The third kappa shape index (κ3) is 5.26. The minimum atomic E-state index is 0.168. The van der Waals surface area contributed by atoms with Gasteiger partial charge in [0.1, 0.15) is 6.61 Å². The normalized spacial score (nSPS) is 17.9. The lowest BCUT2D eigenvalue weighted by Crippen LogP contribution is -2.34. The molecule has 0 radical (unpaired) electrons. The Labute approximate surface area is 171 Å². The molecule has 4 rings (SSSR count). The number of rotatable bonds is 3. The average molecular weight is 396 g/mol. The lowest BCUT2D eigenvalue weighted by molar-refractivity contribution is -0.133. The van der Waals surface area contributed by atoms with E-state index in [1.165, 1.54) is 19.3 Å². The van der Waals surface area contributed by atoms with Crippen molar-refractivity contribution in [2.75, 3.05) is 26.4 Å². The highest BCUT2D eigenvalue weighted by atomic mass is 16.5. The van der Waals surface area contributed by atoms with Crippen LogP contribution in [0.1, 0.15) is 37.7 Å². The van der Waals surface area contributed by atoms with Gasteiger partial charge in [-0.2, -0.15) is 0 Å². The molecule has 2 aliphatic rings. The van der Waals surface area contributed by atoms with Gasteiger partial charge >= 0.3 is 0 Å². The van der Waals surface area contributed by atoms with Gasteiger partial charge in [-0.25, -0.2) is 4.98 Å². The number of para-hydroxylation sites is 2. The van der Waals surface area contributed by atoms with Gasteiger partial charge in [-0.1, -0.05) is 37.5 Å². The van der Waals surface area contributed by atoms with Gasteiger partial charge in [0.25, 0.3) is 0 Å². The molecular formula is C23H28N2O4. The van der Waals surface area contributed by atoms with Gasteiger partial charge in [-0.3, -0.25) is 4.79 Å². The predicted octanol–water partition coefficient (Wildman–Crippen LogP) is 4.19. The Morgan fingerprint density at radius 3 is 2.76 bits per heavy atom. The summed E-state index contributed by atoms with van der Waals surface area (Å²) >= 11 is 0. The molecule has 0 unspecified atom stereocenters. The van der Waals surface area contributed by atoms with Gasteiger partial charge in [0, 0.05) is 24.7 Å². The molecule has 1 amide bonds. The number of nitrogens with zero attached hydrogens (tertiary/aromatic N) is 2. The molecule has 6 heteroatoms. The molecule has 0 saturated heterocycles. The Balaban J connectivity index is 1.54. The van der Waals surface area contributed by atoms with Crippen molar-refractivity contribution < 1.29 is 19.0 Å². The van der Waals surface area contributed by atoms with Crippen molar-refractivity contribution in [3.63, 3.8) is 0 Å². The van der Waals surface area contributed by atoms with Crippen LogP contribution >= 0.6 is 0 Å². The first-order valence-corrected chi connectivity index (χ1v) is 10.5. The van der Waals surface area contributed by atoms with Crippen LogP contribution in [0.4, 0.5) is 0 Å². The fourth-order valence-corrected chi connectivity index (χ4v) is 3.65. The van der Waals surface area contributed by atoms with E-state index in [-0.39, 0.29) is 5.91 Å². The van der Waals surface area contributed by atoms with E-state index in [0.717, 1.165) is 17.9 Å². The molecule has 1 aliphatic heterocycles. The summed E-state index contributed by atoms with van der Waals surface area (Å²) in [6, 6.07) is 11.4. The number of hydrogen-bond acceptors (Lipinski definition) is 5. The molecule has 154 valence electrons. The molecule has 29 heavy (non-hydrogen) atoms. The van der Waals surface area contributed by atoms with Crippen molar-refractivity contribution in [3.8, 4) is 17.4 Å². The molecule has 1 saturated carbocycles. The van der Waals surface area contributed by atoms with Gasteiger partial charge < -0.3 is 19.1 Å². The van der Waals surface area contributed by atoms with Crippen molar-refractivity contribution >= 4 is 5.91 Å². The van der Waals surface area contributed by atoms with Crippen LogP contribution in [0.15, 0.2) is 42.6 Å². The molecule has 6 nitrogen and oxygen atoms in total. The number of pyridine rings is 1. The molecular weight excluding hydrogens is 368 g/mol. The Morgan fingerprint density at radius 2 is 1.93 bits per heavy atom. The van der Waals surface area contributed by atoms with Crippen LogP contribution in [0.25, 0.3) is 0 Å². The first-order valence-electron chi connectivity index (χ1n) is 10.5. The van der Waals surface area contributed by atoms with E-state index in [1.807, 2.05) is 41.3 Å². The zero-order chi connectivity index (χ0) is 19.9. The molecule has 0 N–H and O–H groups in total. The van der Waals surface area contributed by atoms with E-state index in [9.17, 15) is 4.79 Å². The Hall–Kier alpha value is -2.60. The highest BCUT2D eigenvalue weighted by Crippen LogP contribution is 2.33. The number of carbonyl (C=O) groups is 1. The zero-order valence-electron chi connectivity index (χ0n) is 16.7. The monoisotopic (exact) mass is 396 g/mol. The molecule has 0 atom stereocenters. The van der Waals surface area contributed by atoms with E-state index >= 15 is 0 Å². The van der Waals surface area contributed by atoms with Crippen LogP contribution in [-0.4, -0.2) is 42.2 Å². The predicted molar refractivity (Wildman–Crippen MR) is 109 cm³/mol. The fraction of sp³-hybridized carbons (Fsp3) is 0.478. The smallest absolute Gasteiger partial charge is 0.224 e. The van der Waals surface area contributed by atoms with Crippen LogP contribution in [0.2, 0.25) is 0 Å². The number of hydrogen-bond donors (Lipinski definition) is 0. The summed E-state index contributed by atoms with van der Waals surface area (Å²) in [5.74, 6) is 2.65. The maximum atomic E-state index is 12.9. The maximum Gasteiger partial charge on any atom is 0.224 e. The summed E-state index contributed by atoms with van der Waals surface area (Å²) in [5.41, 5.74) is 0.874. The molecule has 1 fully saturated rings. The van der Waals surface area contributed by atoms with Crippen molar-refractivity contribution in [2.24, 2.45) is 5.92 Å². The SMILES string of the molecule is O=C(CCC1CCC1)N1CCOCCOc2ccccc2Oc2ncccc2C1. The minimum absolute atomic E-state index is 0.168. The summed E-state index contributed by atoms with van der Waals surface area (Å²) in [4.78, 5) is 19.2. The summed E-state index contributed by atoms with van der Waals surface area (Å²) in [6.45, 7) is 2.37. The molecule has 1 aromatic heterocycles. The molecule has 0 spiro atoms. The number of benzene rings is 1. The van der Waals surface area contributed by atoms with E-state index < -0.39 is 0 Å². The highest BCUT2D eigenvalue weighted by molar-refractivity contribution is 5.76. The molecule has 0 bridgehead atoms. The van der Waals surface area contributed by atoms with Gasteiger partial charge in [-0.05, 0) is 30.5 Å². The topological polar surface area (TPSA) is 60.9 Å². The second kappa shape index (κ2) is 9.74. The number of fused-ring (bicyclic) bond motifs is 2.